The summed E-state index contributed by atoms with van der Waals surface area (Å²) in [5.74, 6) is -0.167. The van der Waals surface area contributed by atoms with Gasteiger partial charge in [0.25, 0.3) is 0 Å². The highest BCUT2D eigenvalue weighted by Gasteiger charge is 2.22. The Balaban J connectivity index is 1.91. The van der Waals surface area contributed by atoms with Crippen LogP contribution in [0.5, 0.6) is 0 Å². The minimum Gasteiger partial charge on any atom is -0.297 e. The Bertz CT molecular complexity index is 279. The first-order valence-corrected chi connectivity index (χ1v) is 4.90. The van der Waals surface area contributed by atoms with E-state index in [4.69, 9.17) is 0 Å². The summed E-state index contributed by atoms with van der Waals surface area (Å²) in [7, 11) is 0. The SMILES string of the molecule is Fc1ccc(CN2CC(S)C2)cc1. The van der Waals surface area contributed by atoms with E-state index in [1.54, 1.807) is 0 Å². The fraction of sp³-hybridized carbons (Fsp3) is 0.400. The van der Waals surface area contributed by atoms with E-state index in [1.807, 2.05) is 12.1 Å². The smallest absolute Gasteiger partial charge is 0.123 e. The molecule has 1 aliphatic heterocycles. The zero-order valence-corrected chi connectivity index (χ0v) is 8.17. The maximum atomic E-state index is 12.6. The Morgan fingerprint density at radius 3 is 2.46 bits per heavy atom. The van der Waals surface area contributed by atoms with Gasteiger partial charge < -0.3 is 0 Å². The van der Waals surface area contributed by atoms with Crippen LogP contribution in [0.1, 0.15) is 5.56 Å². The molecule has 1 aliphatic rings. The molecule has 1 heterocycles. The summed E-state index contributed by atoms with van der Waals surface area (Å²) in [6.07, 6.45) is 0. The van der Waals surface area contributed by atoms with Crippen molar-refractivity contribution in [1.82, 2.24) is 4.90 Å². The summed E-state index contributed by atoms with van der Waals surface area (Å²) in [5, 5.41) is 0.528. The third kappa shape index (κ3) is 2.23. The fourth-order valence-corrected chi connectivity index (χ4v) is 1.98. The van der Waals surface area contributed by atoms with Gasteiger partial charge in [0.05, 0.1) is 0 Å². The van der Waals surface area contributed by atoms with Crippen LogP contribution in [-0.2, 0) is 6.54 Å². The van der Waals surface area contributed by atoms with Gasteiger partial charge >= 0.3 is 0 Å². The second-order valence-electron chi connectivity index (χ2n) is 3.47. The van der Waals surface area contributed by atoms with Crippen molar-refractivity contribution in [2.75, 3.05) is 13.1 Å². The zero-order chi connectivity index (χ0) is 9.26. The van der Waals surface area contributed by atoms with Crippen LogP contribution in [0.25, 0.3) is 0 Å². The van der Waals surface area contributed by atoms with Crippen LogP contribution in [0.2, 0.25) is 0 Å². The number of thiol groups is 1. The van der Waals surface area contributed by atoms with Gasteiger partial charge in [0.1, 0.15) is 5.82 Å². The second-order valence-corrected chi connectivity index (χ2v) is 4.20. The number of rotatable bonds is 2. The first-order chi connectivity index (χ1) is 6.24. The van der Waals surface area contributed by atoms with Crippen molar-refractivity contribution in [1.29, 1.82) is 0 Å². The summed E-state index contributed by atoms with van der Waals surface area (Å²) in [4.78, 5) is 2.30. The monoisotopic (exact) mass is 197 g/mol. The van der Waals surface area contributed by atoms with E-state index in [1.165, 1.54) is 17.7 Å². The quantitative estimate of drug-likeness (QED) is 0.709. The lowest BCUT2D eigenvalue weighted by molar-refractivity contribution is 0.182. The number of nitrogens with zero attached hydrogens (tertiary/aromatic N) is 1. The molecule has 0 radical (unpaired) electrons. The molecule has 0 N–H and O–H groups in total. The molecule has 0 unspecified atom stereocenters. The highest BCUT2D eigenvalue weighted by Crippen LogP contribution is 2.16. The van der Waals surface area contributed by atoms with Gasteiger partial charge in [-0.05, 0) is 17.7 Å². The number of benzene rings is 1. The lowest BCUT2D eigenvalue weighted by Gasteiger charge is -2.36. The van der Waals surface area contributed by atoms with Gasteiger partial charge in [-0.25, -0.2) is 4.39 Å². The van der Waals surface area contributed by atoms with E-state index in [0.29, 0.717) is 5.25 Å². The molecule has 0 bridgehead atoms. The van der Waals surface area contributed by atoms with Crippen LogP contribution in [0.3, 0.4) is 0 Å². The van der Waals surface area contributed by atoms with E-state index in [2.05, 4.69) is 17.5 Å². The minimum atomic E-state index is -0.167. The van der Waals surface area contributed by atoms with E-state index in [9.17, 15) is 4.39 Å². The number of likely N-dealkylation sites (tertiary alicyclic amines) is 1. The molecule has 3 heteroatoms. The molecule has 1 aromatic carbocycles. The molecule has 0 amide bonds. The minimum absolute atomic E-state index is 0.167. The van der Waals surface area contributed by atoms with Crippen LogP contribution >= 0.6 is 12.6 Å². The molecule has 0 spiro atoms. The second kappa shape index (κ2) is 3.68. The van der Waals surface area contributed by atoms with E-state index >= 15 is 0 Å². The molecule has 0 aliphatic carbocycles. The topological polar surface area (TPSA) is 3.24 Å². The molecule has 0 aromatic heterocycles. The Morgan fingerprint density at radius 1 is 1.31 bits per heavy atom. The van der Waals surface area contributed by atoms with Crippen molar-refractivity contribution in [3.63, 3.8) is 0 Å². The van der Waals surface area contributed by atoms with E-state index in [-0.39, 0.29) is 5.82 Å². The predicted molar refractivity (Wildman–Crippen MR) is 54.5 cm³/mol. The number of halogens is 1. The standard InChI is InChI=1S/C10H12FNS/c11-9-3-1-8(2-4-9)5-12-6-10(13)7-12/h1-4,10,13H,5-7H2. The summed E-state index contributed by atoms with van der Waals surface area (Å²) < 4.78 is 12.6. The Kier molecular flexibility index (Phi) is 2.56. The van der Waals surface area contributed by atoms with Crippen LogP contribution < -0.4 is 0 Å². The molecular weight excluding hydrogens is 185 g/mol. The highest BCUT2D eigenvalue weighted by molar-refractivity contribution is 7.81. The molecule has 0 saturated carbocycles. The Morgan fingerprint density at radius 2 is 1.92 bits per heavy atom. The summed E-state index contributed by atoms with van der Waals surface area (Å²) in [5.41, 5.74) is 1.17. The van der Waals surface area contributed by atoms with Crippen LogP contribution in [0.4, 0.5) is 4.39 Å². The van der Waals surface area contributed by atoms with Gasteiger partial charge in [-0.2, -0.15) is 12.6 Å². The van der Waals surface area contributed by atoms with Crippen molar-refractivity contribution in [2.24, 2.45) is 0 Å². The molecule has 0 atom stereocenters. The van der Waals surface area contributed by atoms with Crippen LogP contribution in [0, 0.1) is 5.82 Å². The Hall–Kier alpha value is -0.540. The predicted octanol–water partition coefficient (Wildman–Crippen LogP) is 1.94. The lowest BCUT2D eigenvalue weighted by atomic mass is 10.1. The molecule has 13 heavy (non-hydrogen) atoms. The molecule has 1 nitrogen and oxygen atoms in total. The number of hydrogen-bond donors (Lipinski definition) is 1. The average molecular weight is 197 g/mol. The molecule has 1 saturated heterocycles. The van der Waals surface area contributed by atoms with Crippen LogP contribution in [0.15, 0.2) is 24.3 Å². The van der Waals surface area contributed by atoms with Crippen molar-refractivity contribution >= 4 is 12.6 Å². The third-order valence-corrected chi connectivity index (χ3v) is 2.58. The van der Waals surface area contributed by atoms with Gasteiger partial charge in [0, 0.05) is 24.9 Å². The normalized spacial score (nSPS) is 18.6. The average Bonchev–Trinajstić information content (AvgIpc) is 2.06. The van der Waals surface area contributed by atoms with Crippen molar-refractivity contribution < 1.29 is 4.39 Å². The molecular formula is C10H12FNS. The van der Waals surface area contributed by atoms with E-state index in [0.717, 1.165) is 19.6 Å². The highest BCUT2D eigenvalue weighted by atomic mass is 32.1. The zero-order valence-electron chi connectivity index (χ0n) is 7.28. The van der Waals surface area contributed by atoms with Gasteiger partial charge in [-0.15, -0.1) is 0 Å². The maximum absolute atomic E-state index is 12.6. The van der Waals surface area contributed by atoms with Crippen LogP contribution in [-0.4, -0.2) is 23.2 Å². The maximum Gasteiger partial charge on any atom is 0.123 e. The third-order valence-electron chi connectivity index (χ3n) is 2.26. The van der Waals surface area contributed by atoms with Crippen molar-refractivity contribution in [2.45, 2.75) is 11.8 Å². The van der Waals surface area contributed by atoms with Crippen molar-refractivity contribution in [3.8, 4) is 0 Å². The van der Waals surface area contributed by atoms with Gasteiger partial charge in [0.2, 0.25) is 0 Å². The largest absolute Gasteiger partial charge is 0.297 e. The van der Waals surface area contributed by atoms with Gasteiger partial charge in [-0.3, -0.25) is 4.90 Å². The molecule has 1 aromatic rings. The summed E-state index contributed by atoms with van der Waals surface area (Å²) in [6, 6.07) is 6.68. The Labute approximate surface area is 83.0 Å². The van der Waals surface area contributed by atoms with Gasteiger partial charge in [0.15, 0.2) is 0 Å². The number of hydrogen-bond acceptors (Lipinski definition) is 2. The molecule has 70 valence electrons. The summed E-state index contributed by atoms with van der Waals surface area (Å²) >= 11 is 4.33. The first-order valence-electron chi connectivity index (χ1n) is 4.39. The van der Waals surface area contributed by atoms with E-state index < -0.39 is 0 Å². The molecule has 1 fully saturated rings. The lowest BCUT2D eigenvalue weighted by Crippen LogP contribution is -2.46. The first kappa shape index (κ1) is 9.03. The van der Waals surface area contributed by atoms with Gasteiger partial charge in [-0.1, -0.05) is 12.1 Å². The summed E-state index contributed by atoms with van der Waals surface area (Å²) in [6.45, 7) is 3.00. The fourth-order valence-electron chi connectivity index (χ4n) is 1.52. The van der Waals surface area contributed by atoms with Crippen molar-refractivity contribution in [3.05, 3.63) is 35.6 Å². The molecule has 2 rings (SSSR count).